The largest absolute Gasteiger partial charge is 0.489 e. The summed E-state index contributed by atoms with van der Waals surface area (Å²) in [5.74, 6) is 0.999. The number of benzene rings is 1. The lowest BCUT2D eigenvalue weighted by Crippen LogP contribution is -2.00. The van der Waals surface area contributed by atoms with E-state index in [2.05, 4.69) is 0 Å². The third kappa shape index (κ3) is 2.69. The summed E-state index contributed by atoms with van der Waals surface area (Å²) in [6, 6.07) is 5.22. The molecule has 0 aromatic heterocycles. The van der Waals surface area contributed by atoms with Crippen molar-refractivity contribution in [1.82, 2.24) is 0 Å². The highest BCUT2D eigenvalue weighted by atomic mass is 16.7. The van der Waals surface area contributed by atoms with Crippen molar-refractivity contribution >= 4 is 5.97 Å². The third-order valence-corrected chi connectivity index (χ3v) is 2.32. The van der Waals surface area contributed by atoms with Gasteiger partial charge in [0.05, 0.1) is 0 Å². The molecule has 1 aromatic carbocycles. The summed E-state index contributed by atoms with van der Waals surface area (Å²) < 4.78 is 15.7. The molecule has 17 heavy (non-hydrogen) atoms. The van der Waals surface area contributed by atoms with Crippen molar-refractivity contribution in [3.8, 4) is 17.2 Å². The van der Waals surface area contributed by atoms with Crippen LogP contribution in [0, 0.1) is 0 Å². The highest BCUT2D eigenvalue weighted by Gasteiger charge is 2.13. The average Bonchev–Trinajstić information content (AvgIpc) is 2.75. The number of ether oxygens (including phenoxy) is 3. The maximum Gasteiger partial charge on any atom is 0.331 e. The van der Waals surface area contributed by atoms with Gasteiger partial charge in [0.1, 0.15) is 12.4 Å². The second kappa shape index (κ2) is 4.78. The molecule has 1 aromatic rings. The molecule has 0 aliphatic carbocycles. The molecule has 1 aliphatic rings. The SMILES string of the molecule is CC(=CCOc1ccc2c(c1)OCO2)C(=O)O. The molecule has 1 aliphatic heterocycles. The van der Waals surface area contributed by atoms with Gasteiger partial charge >= 0.3 is 5.97 Å². The van der Waals surface area contributed by atoms with E-state index < -0.39 is 5.97 Å². The molecule has 0 radical (unpaired) electrons. The van der Waals surface area contributed by atoms with Gasteiger partial charge in [-0.25, -0.2) is 4.79 Å². The van der Waals surface area contributed by atoms with E-state index in [9.17, 15) is 4.79 Å². The van der Waals surface area contributed by atoms with Crippen LogP contribution in [0.3, 0.4) is 0 Å². The number of rotatable bonds is 4. The van der Waals surface area contributed by atoms with Crippen LogP contribution in [0.5, 0.6) is 17.2 Å². The first-order chi connectivity index (χ1) is 8.16. The first kappa shape index (κ1) is 11.3. The zero-order valence-electron chi connectivity index (χ0n) is 9.30. The van der Waals surface area contributed by atoms with Gasteiger partial charge in [0.25, 0.3) is 0 Å². The lowest BCUT2D eigenvalue weighted by Gasteiger charge is -2.04. The van der Waals surface area contributed by atoms with Gasteiger partial charge in [0, 0.05) is 11.6 Å². The fraction of sp³-hybridized carbons (Fsp3) is 0.250. The monoisotopic (exact) mass is 236 g/mol. The maximum absolute atomic E-state index is 10.5. The number of aliphatic carboxylic acids is 1. The van der Waals surface area contributed by atoms with E-state index >= 15 is 0 Å². The van der Waals surface area contributed by atoms with Gasteiger partial charge in [-0.15, -0.1) is 0 Å². The van der Waals surface area contributed by atoms with Gasteiger partial charge in [0.15, 0.2) is 11.5 Å². The number of hydrogen-bond donors (Lipinski definition) is 1. The van der Waals surface area contributed by atoms with Gasteiger partial charge in [-0.05, 0) is 25.1 Å². The number of carboxylic acids is 1. The zero-order chi connectivity index (χ0) is 12.3. The number of carboxylic acid groups (broad SMARTS) is 1. The molecule has 0 spiro atoms. The molecule has 2 rings (SSSR count). The Balaban J connectivity index is 1.96. The van der Waals surface area contributed by atoms with E-state index in [1.54, 1.807) is 18.2 Å². The third-order valence-electron chi connectivity index (χ3n) is 2.32. The van der Waals surface area contributed by atoms with Crippen LogP contribution in [-0.2, 0) is 4.79 Å². The van der Waals surface area contributed by atoms with Gasteiger partial charge in [0.2, 0.25) is 6.79 Å². The standard InChI is InChI=1S/C12H12O5/c1-8(12(13)14)4-5-15-9-2-3-10-11(6-9)17-7-16-10/h2-4,6H,5,7H2,1H3,(H,13,14). The second-order valence-corrected chi connectivity index (χ2v) is 3.52. The Kier molecular flexibility index (Phi) is 3.18. The van der Waals surface area contributed by atoms with E-state index in [1.807, 2.05) is 0 Å². The predicted octanol–water partition coefficient (Wildman–Crippen LogP) is 1.82. The molecule has 0 atom stereocenters. The van der Waals surface area contributed by atoms with Gasteiger partial charge in [-0.2, -0.15) is 0 Å². The number of hydrogen-bond acceptors (Lipinski definition) is 4. The van der Waals surface area contributed by atoms with Crippen LogP contribution in [-0.4, -0.2) is 24.5 Å². The van der Waals surface area contributed by atoms with E-state index in [-0.39, 0.29) is 19.0 Å². The highest BCUT2D eigenvalue weighted by Crippen LogP contribution is 2.34. The van der Waals surface area contributed by atoms with Crippen LogP contribution >= 0.6 is 0 Å². The van der Waals surface area contributed by atoms with Crippen molar-refractivity contribution in [3.05, 3.63) is 29.8 Å². The summed E-state index contributed by atoms with van der Waals surface area (Å²) in [7, 11) is 0. The minimum Gasteiger partial charge on any atom is -0.489 e. The van der Waals surface area contributed by atoms with E-state index in [0.29, 0.717) is 17.2 Å². The lowest BCUT2D eigenvalue weighted by molar-refractivity contribution is -0.132. The van der Waals surface area contributed by atoms with Crippen molar-refractivity contribution < 1.29 is 24.1 Å². The van der Waals surface area contributed by atoms with Crippen molar-refractivity contribution in [2.75, 3.05) is 13.4 Å². The van der Waals surface area contributed by atoms with Crippen molar-refractivity contribution in [2.45, 2.75) is 6.92 Å². The zero-order valence-corrected chi connectivity index (χ0v) is 9.30. The quantitative estimate of drug-likeness (QED) is 0.808. The first-order valence-corrected chi connectivity index (χ1v) is 5.09. The molecule has 5 nitrogen and oxygen atoms in total. The minimum absolute atomic E-state index is 0.206. The van der Waals surface area contributed by atoms with Gasteiger partial charge in [-0.3, -0.25) is 0 Å². The maximum atomic E-state index is 10.5. The molecule has 0 saturated carbocycles. The van der Waals surface area contributed by atoms with Gasteiger partial charge < -0.3 is 19.3 Å². The molecule has 0 fully saturated rings. The number of fused-ring (bicyclic) bond motifs is 1. The predicted molar refractivity (Wildman–Crippen MR) is 59.5 cm³/mol. The Morgan fingerprint density at radius 3 is 3.00 bits per heavy atom. The molecule has 0 unspecified atom stereocenters. The molecule has 0 saturated heterocycles. The van der Waals surface area contributed by atoms with E-state index in [4.69, 9.17) is 19.3 Å². The number of carbonyl (C=O) groups is 1. The molecule has 0 amide bonds. The molecule has 5 heteroatoms. The molecular weight excluding hydrogens is 224 g/mol. The van der Waals surface area contributed by atoms with Crippen LogP contribution in [0.1, 0.15) is 6.92 Å². The van der Waals surface area contributed by atoms with Crippen LogP contribution < -0.4 is 14.2 Å². The fourth-order valence-corrected chi connectivity index (χ4v) is 1.32. The lowest BCUT2D eigenvalue weighted by atomic mass is 10.3. The van der Waals surface area contributed by atoms with Crippen LogP contribution in [0.4, 0.5) is 0 Å². The first-order valence-electron chi connectivity index (χ1n) is 5.09. The van der Waals surface area contributed by atoms with Crippen LogP contribution in [0.25, 0.3) is 0 Å². The van der Waals surface area contributed by atoms with Crippen LogP contribution in [0.15, 0.2) is 29.8 Å². The van der Waals surface area contributed by atoms with Crippen molar-refractivity contribution in [3.63, 3.8) is 0 Å². The minimum atomic E-state index is -0.945. The topological polar surface area (TPSA) is 65.0 Å². The van der Waals surface area contributed by atoms with E-state index in [0.717, 1.165) is 0 Å². The molecule has 90 valence electrons. The Bertz CT molecular complexity index is 464. The summed E-state index contributed by atoms with van der Waals surface area (Å²) in [5.41, 5.74) is 0.255. The Labute approximate surface area is 98.2 Å². The van der Waals surface area contributed by atoms with Crippen LogP contribution in [0.2, 0.25) is 0 Å². The normalized spacial score (nSPS) is 13.6. The average molecular weight is 236 g/mol. The highest BCUT2D eigenvalue weighted by molar-refractivity contribution is 5.85. The summed E-state index contributed by atoms with van der Waals surface area (Å²) in [4.78, 5) is 10.5. The summed E-state index contributed by atoms with van der Waals surface area (Å²) >= 11 is 0. The smallest absolute Gasteiger partial charge is 0.331 e. The summed E-state index contributed by atoms with van der Waals surface area (Å²) in [6.45, 7) is 1.94. The fourth-order valence-electron chi connectivity index (χ4n) is 1.32. The molecular formula is C12H12O5. The Morgan fingerprint density at radius 2 is 2.24 bits per heavy atom. The Hall–Kier alpha value is -2.17. The second-order valence-electron chi connectivity index (χ2n) is 3.52. The van der Waals surface area contributed by atoms with E-state index in [1.165, 1.54) is 13.0 Å². The summed E-state index contributed by atoms with van der Waals surface area (Å²) in [5, 5.41) is 8.65. The molecule has 1 heterocycles. The van der Waals surface area contributed by atoms with Gasteiger partial charge in [-0.1, -0.05) is 0 Å². The van der Waals surface area contributed by atoms with Crippen molar-refractivity contribution in [1.29, 1.82) is 0 Å². The molecule has 0 bridgehead atoms. The molecule has 1 N–H and O–H groups in total. The Morgan fingerprint density at radius 1 is 1.47 bits per heavy atom. The summed E-state index contributed by atoms with van der Waals surface area (Å²) in [6.07, 6.45) is 1.51. The van der Waals surface area contributed by atoms with Crippen molar-refractivity contribution in [2.24, 2.45) is 0 Å².